The van der Waals surface area contributed by atoms with Crippen LogP contribution in [0.2, 0.25) is 0 Å². The van der Waals surface area contributed by atoms with E-state index in [1.165, 1.54) is 11.3 Å². The van der Waals surface area contributed by atoms with Crippen LogP contribution in [0.3, 0.4) is 0 Å². The second kappa shape index (κ2) is 9.25. The number of carbonyl (C=O) groups excluding carboxylic acids is 2. The van der Waals surface area contributed by atoms with E-state index in [1.807, 2.05) is 0 Å². The first-order valence-electron chi connectivity index (χ1n) is 8.94. The van der Waals surface area contributed by atoms with Gasteiger partial charge in [0.25, 0.3) is 0 Å². The van der Waals surface area contributed by atoms with Crippen LogP contribution in [0.4, 0.5) is 4.79 Å². The van der Waals surface area contributed by atoms with Gasteiger partial charge in [0.1, 0.15) is 11.5 Å². The topological polar surface area (TPSA) is 76.1 Å². The maximum Gasteiger partial charge on any atom is 0.410 e. The molecule has 1 amide bonds. The molecule has 0 aromatic carbocycles. The number of carbonyl (C=O) groups is 2. The van der Waals surface area contributed by atoms with Gasteiger partial charge < -0.3 is 19.5 Å². The Morgan fingerprint density at radius 3 is 2.29 bits per heavy atom. The molecule has 2 atom stereocenters. The van der Waals surface area contributed by atoms with Gasteiger partial charge in [0, 0.05) is 13.6 Å². The molecule has 24 heavy (non-hydrogen) atoms. The van der Waals surface area contributed by atoms with Gasteiger partial charge >= 0.3 is 12.1 Å². The summed E-state index contributed by atoms with van der Waals surface area (Å²) in [6.45, 7) is 7.45. The number of rotatable bonds is 6. The Labute approximate surface area is 145 Å². The molecule has 1 aliphatic rings. The third kappa shape index (κ3) is 6.67. The van der Waals surface area contributed by atoms with Crippen LogP contribution in [-0.4, -0.2) is 54.0 Å². The maximum absolute atomic E-state index is 12.3. The minimum absolute atomic E-state index is 0.0835. The lowest BCUT2D eigenvalue weighted by Gasteiger charge is -2.33. The summed E-state index contributed by atoms with van der Waals surface area (Å²) in [5, 5.41) is 10.7. The summed E-state index contributed by atoms with van der Waals surface area (Å²) in [6.07, 6.45) is 3.83. The van der Waals surface area contributed by atoms with Gasteiger partial charge in [0.15, 0.2) is 0 Å². The largest absolute Gasteiger partial charge is 0.466 e. The zero-order valence-electron chi connectivity index (χ0n) is 15.7. The first-order valence-corrected chi connectivity index (χ1v) is 8.94. The van der Waals surface area contributed by atoms with Gasteiger partial charge in [-0.1, -0.05) is 19.3 Å². The molecule has 1 saturated carbocycles. The summed E-state index contributed by atoms with van der Waals surface area (Å²) < 4.78 is 10.4. The van der Waals surface area contributed by atoms with E-state index in [9.17, 15) is 14.7 Å². The van der Waals surface area contributed by atoms with Crippen molar-refractivity contribution in [3.63, 3.8) is 0 Å². The molecule has 0 spiro atoms. The Bertz CT molecular complexity index is 412. The quantitative estimate of drug-likeness (QED) is 0.750. The van der Waals surface area contributed by atoms with Crippen molar-refractivity contribution < 1.29 is 24.2 Å². The predicted octanol–water partition coefficient (Wildman–Crippen LogP) is 2.97. The number of hydrogen-bond acceptors (Lipinski definition) is 5. The number of aliphatic hydroxyl groups excluding tert-OH is 1. The first kappa shape index (κ1) is 20.7. The minimum Gasteiger partial charge on any atom is -0.466 e. The summed E-state index contributed by atoms with van der Waals surface area (Å²) in [4.78, 5) is 25.8. The number of nitrogens with zero attached hydrogens (tertiary/aromatic N) is 1. The molecule has 0 saturated heterocycles. The van der Waals surface area contributed by atoms with Crippen LogP contribution in [0.1, 0.15) is 59.8 Å². The summed E-state index contributed by atoms with van der Waals surface area (Å²) in [6, 6.07) is 0. The summed E-state index contributed by atoms with van der Waals surface area (Å²) in [5.74, 6) is -1.11. The Morgan fingerprint density at radius 2 is 1.79 bits per heavy atom. The van der Waals surface area contributed by atoms with Crippen LogP contribution in [-0.2, 0) is 14.3 Å². The molecule has 0 aromatic heterocycles. The molecule has 140 valence electrons. The number of amides is 1. The van der Waals surface area contributed by atoms with Crippen LogP contribution >= 0.6 is 0 Å². The fourth-order valence-corrected chi connectivity index (χ4v) is 3.08. The number of esters is 1. The molecule has 1 rings (SSSR count). The van der Waals surface area contributed by atoms with E-state index in [0.717, 1.165) is 25.7 Å². The molecular formula is C18H33NO5. The molecule has 1 aliphatic carbocycles. The number of aliphatic hydroxyl groups is 1. The lowest BCUT2D eigenvalue weighted by molar-refractivity contribution is -0.154. The highest BCUT2D eigenvalue weighted by Gasteiger charge is 2.36. The molecule has 0 heterocycles. The van der Waals surface area contributed by atoms with Crippen LogP contribution in [0.15, 0.2) is 0 Å². The average molecular weight is 343 g/mol. The highest BCUT2D eigenvalue weighted by molar-refractivity contribution is 5.75. The second-order valence-electron chi connectivity index (χ2n) is 7.61. The van der Waals surface area contributed by atoms with Crippen molar-refractivity contribution >= 4 is 12.1 Å². The van der Waals surface area contributed by atoms with E-state index < -0.39 is 29.7 Å². The fourth-order valence-electron chi connectivity index (χ4n) is 3.08. The molecule has 2 unspecified atom stereocenters. The van der Waals surface area contributed by atoms with Crippen molar-refractivity contribution in [1.29, 1.82) is 0 Å². The van der Waals surface area contributed by atoms with Gasteiger partial charge in [-0.2, -0.15) is 0 Å². The first-order chi connectivity index (χ1) is 11.2. The molecule has 0 bridgehead atoms. The van der Waals surface area contributed by atoms with Crippen molar-refractivity contribution in [3.05, 3.63) is 0 Å². The highest BCUT2D eigenvalue weighted by Crippen LogP contribution is 2.30. The molecular weight excluding hydrogens is 310 g/mol. The number of hydrogen-bond donors (Lipinski definition) is 1. The van der Waals surface area contributed by atoms with Crippen LogP contribution < -0.4 is 0 Å². The molecule has 0 aromatic rings. The summed E-state index contributed by atoms with van der Waals surface area (Å²) in [5.41, 5.74) is -0.604. The van der Waals surface area contributed by atoms with Crippen molar-refractivity contribution in [3.8, 4) is 0 Å². The van der Waals surface area contributed by atoms with Crippen LogP contribution in [0.25, 0.3) is 0 Å². The van der Waals surface area contributed by atoms with E-state index >= 15 is 0 Å². The predicted molar refractivity (Wildman–Crippen MR) is 91.6 cm³/mol. The van der Waals surface area contributed by atoms with Crippen molar-refractivity contribution in [2.24, 2.45) is 11.8 Å². The zero-order chi connectivity index (χ0) is 18.3. The van der Waals surface area contributed by atoms with Gasteiger partial charge in [0.05, 0.1) is 12.7 Å². The smallest absolute Gasteiger partial charge is 0.410 e. The fraction of sp³-hybridized carbons (Fsp3) is 0.889. The molecule has 6 nitrogen and oxygen atoms in total. The van der Waals surface area contributed by atoms with E-state index in [1.54, 1.807) is 34.7 Å². The van der Waals surface area contributed by atoms with Crippen molar-refractivity contribution in [1.82, 2.24) is 4.90 Å². The summed E-state index contributed by atoms with van der Waals surface area (Å²) >= 11 is 0. The lowest BCUT2D eigenvalue weighted by Crippen LogP contribution is -2.45. The Hall–Kier alpha value is -1.30. The Balaban J connectivity index is 2.77. The second-order valence-corrected chi connectivity index (χ2v) is 7.61. The molecule has 1 N–H and O–H groups in total. The Kier molecular flexibility index (Phi) is 8.00. The van der Waals surface area contributed by atoms with Gasteiger partial charge in [0.2, 0.25) is 0 Å². The maximum atomic E-state index is 12.3. The molecule has 0 aliphatic heterocycles. The standard InChI is InChI=1S/C18H33NO5/c1-6-23-16(21)14(15(20)13-10-8-7-9-11-13)12-19(5)17(22)24-18(2,3)4/h13-15,20H,6-12H2,1-5H3. The minimum atomic E-state index is -0.797. The monoisotopic (exact) mass is 343 g/mol. The van der Waals surface area contributed by atoms with Crippen molar-refractivity contribution in [2.45, 2.75) is 71.5 Å². The van der Waals surface area contributed by atoms with E-state index in [4.69, 9.17) is 9.47 Å². The van der Waals surface area contributed by atoms with E-state index in [2.05, 4.69) is 0 Å². The normalized spacial score (nSPS) is 18.6. The third-order valence-electron chi connectivity index (χ3n) is 4.31. The van der Waals surface area contributed by atoms with Gasteiger partial charge in [-0.25, -0.2) is 4.79 Å². The van der Waals surface area contributed by atoms with Crippen LogP contribution in [0.5, 0.6) is 0 Å². The van der Waals surface area contributed by atoms with Crippen LogP contribution in [0, 0.1) is 11.8 Å². The number of ether oxygens (including phenoxy) is 2. The zero-order valence-corrected chi connectivity index (χ0v) is 15.7. The molecule has 6 heteroatoms. The molecule has 1 fully saturated rings. The third-order valence-corrected chi connectivity index (χ3v) is 4.31. The van der Waals surface area contributed by atoms with Gasteiger partial charge in [-0.15, -0.1) is 0 Å². The summed E-state index contributed by atoms with van der Waals surface area (Å²) in [7, 11) is 1.58. The SMILES string of the molecule is CCOC(=O)C(CN(C)C(=O)OC(C)(C)C)C(O)C1CCCCC1. The average Bonchev–Trinajstić information content (AvgIpc) is 2.51. The van der Waals surface area contributed by atoms with Gasteiger partial charge in [-0.05, 0) is 46.5 Å². The Morgan fingerprint density at radius 1 is 1.21 bits per heavy atom. The lowest BCUT2D eigenvalue weighted by atomic mass is 9.80. The highest BCUT2D eigenvalue weighted by atomic mass is 16.6. The van der Waals surface area contributed by atoms with Gasteiger partial charge in [-0.3, -0.25) is 4.79 Å². The molecule has 0 radical (unpaired) electrons. The van der Waals surface area contributed by atoms with E-state index in [0.29, 0.717) is 0 Å². The van der Waals surface area contributed by atoms with Crippen molar-refractivity contribution in [2.75, 3.05) is 20.2 Å². The van der Waals surface area contributed by atoms with E-state index in [-0.39, 0.29) is 19.1 Å².